The molecule has 2 aromatic carbocycles. The van der Waals surface area contributed by atoms with Crippen molar-refractivity contribution < 1.29 is 4.74 Å². The number of fused-ring (bicyclic) bond motifs is 1. The average Bonchev–Trinajstić information content (AvgIpc) is 2.45. The molecule has 2 rings (SSSR count). The molecule has 2 heteroatoms. The molecule has 0 saturated heterocycles. The summed E-state index contributed by atoms with van der Waals surface area (Å²) in [4.78, 5) is 0. The van der Waals surface area contributed by atoms with Crippen LogP contribution in [-0.2, 0) is 0 Å². The van der Waals surface area contributed by atoms with Gasteiger partial charge in [0.05, 0.1) is 6.61 Å². The quantitative estimate of drug-likeness (QED) is 0.739. The molecule has 0 aromatic heterocycles. The summed E-state index contributed by atoms with van der Waals surface area (Å²) in [5.41, 5.74) is 0.224. The van der Waals surface area contributed by atoms with E-state index in [1.807, 2.05) is 0 Å². The van der Waals surface area contributed by atoms with E-state index in [4.69, 9.17) is 4.74 Å². The van der Waals surface area contributed by atoms with Crippen molar-refractivity contribution in [1.29, 1.82) is 0 Å². The van der Waals surface area contributed by atoms with Gasteiger partial charge in [-0.05, 0) is 69.5 Å². The minimum atomic E-state index is 0.224. The lowest BCUT2D eigenvalue weighted by molar-refractivity contribution is 0.303. The maximum atomic E-state index is 5.84. The maximum absolute atomic E-state index is 5.84. The Balaban J connectivity index is 1.66. The predicted molar refractivity (Wildman–Crippen MR) is 91.0 cm³/mol. The van der Waals surface area contributed by atoms with E-state index in [-0.39, 0.29) is 5.54 Å². The van der Waals surface area contributed by atoms with Gasteiger partial charge in [0.25, 0.3) is 0 Å². The number of hydrogen-bond donors (Lipinski definition) is 1. The summed E-state index contributed by atoms with van der Waals surface area (Å²) in [6.45, 7) is 8.49. The van der Waals surface area contributed by atoms with E-state index in [0.717, 1.165) is 25.3 Å². The number of ether oxygens (including phenoxy) is 1. The molecule has 0 spiro atoms. The molecule has 0 heterocycles. The molecule has 0 fully saturated rings. The van der Waals surface area contributed by atoms with Crippen molar-refractivity contribution in [2.45, 2.75) is 45.6 Å². The summed E-state index contributed by atoms with van der Waals surface area (Å²) in [5, 5.41) is 6.01. The Bertz CT molecular complexity index is 557. The van der Waals surface area contributed by atoms with Gasteiger partial charge in [-0.25, -0.2) is 0 Å². The first-order valence-electron chi connectivity index (χ1n) is 7.91. The van der Waals surface area contributed by atoms with Gasteiger partial charge in [-0.15, -0.1) is 0 Å². The summed E-state index contributed by atoms with van der Waals surface area (Å²) >= 11 is 0. The lowest BCUT2D eigenvalue weighted by Gasteiger charge is -2.20. The second-order valence-corrected chi connectivity index (χ2v) is 6.59. The van der Waals surface area contributed by atoms with Crippen LogP contribution in [0.15, 0.2) is 42.5 Å². The predicted octanol–water partition coefficient (Wildman–Crippen LogP) is 4.78. The van der Waals surface area contributed by atoms with Gasteiger partial charge >= 0.3 is 0 Å². The lowest BCUT2D eigenvalue weighted by atomic mass is 10.1. The van der Waals surface area contributed by atoms with Crippen molar-refractivity contribution in [3.8, 4) is 5.75 Å². The van der Waals surface area contributed by atoms with Crippen LogP contribution in [0, 0.1) is 0 Å². The lowest BCUT2D eigenvalue weighted by Crippen LogP contribution is -2.36. The zero-order valence-corrected chi connectivity index (χ0v) is 13.5. The first-order valence-corrected chi connectivity index (χ1v) is 7.91. The van der Waals surface area contributed by atoms with Crippen LogP contribution in [-0.4, -0.2) is 18.7 Å². The zero-order chi connectivity index (χ0) is 15.1. The molecule has 114 valence electrons. The van der Waals surface area contributed by atoms with E-state index < -0.39 is 0 Å². The molecule has 0 aliphatic rings. The molecular weight excluding hydrogens is 258 g/mol. The highest BCUT2D eigenvalue weighted by Crippen LogP contribution is 2.20. The van der Waals surface area contributed by atoms with Gasteiger partial charge in [0.2, 0.25) is 0 Å². The van der Waals surface area contributed by atoms with Crippen LogP contribution in [0.2, 0.25) is 0 Å². The van der Waals surface area contributed by atoms with E-state index in [1.165, 1.54) is 23.6 Å². The van der Waals surface area contributed by atoms with Gasteiger partial charge in [0, 0.05) is 5.54 Å². The van der Waals surface area contributed by atoms with Crippen molar-refractivity contribution in [3.63, 3.8) is 0 Å². The smallest absolute Gasteiger partial charge is 0.119 e. The SMILES string of the molecule is CC(C)(C)NCCCCCOc1ccc2ccccc2c1. The van der Waals surface area contributed by atoms with E-state index in [9.17, 15) is 0 Å². The molecule has 0 bridgehead atoms. The van der Waals surface area contributed by atoms with Crippen molar-refractivity contribution in [2.75, 3.05) is 13.2 Å². The van der Waals surface area contributed by atoms with E-state index in [2.05, 4.69) is 68.6 Å². The largest absolute Gasteiger partial charge is 0.494 e. The topological polar surface area (TPSA) is 21.3 Å². The summed E-state index contributed by atoms with van der Waals surface area (Å²) in [6, 6.07) is 14.7. The number of unbranched alkanes of at least 4 members (excludes halogenated alkanes) is 2. The standard InChI is InChI=1S/C19H27NO/c1-19(2,3)20-13-7-4-8-14-21-18-12-11-16-9-5-6-10-17(16)15-18/h5-6,9-12,15,20H,4,7-8,13-14H2,1-3H3. The number of benzene rings is 2. The van der Waals surface area contributed by atoms with Gasteiger partial charge in [-0.3, -0.25) is 0 Å². The molecule has 1 N–H and O–H groups in total. The monoisotopic (exact) mass is 285 g/mol. The van der Waals surface area contributed by atoms with E-state index in [0.29, 0.717) is 0 Å². The fraction of sp³-hybridized carbons (Fsp3) is 0.474. The second kappa shape index (κ2) is 7.46. The van der Waals surface area contributed by atoms with Crippen molar-refractivity contribution in [3.05, 3.63) is 42.5 Å². The molecule has 2 aromatic rings. The highest BCUT2D eigenvalue weighted by atomic mass is 16.5. The molecule has 2 nitrogen and oxygen atoms in total. The van der Waals surface area contributed by atoms with E-state index >= 15 is 0 Å². The van der Waals surface area contributed by atoms with Crippen LogP contribution in [0.1, 0.15) is 40.0 Å². The average molecular weight is 285 g/mol. The van der Waals surface area contributed by atoms with Gasteiger partial charge in [-0.1, -0.05) is 30.3 Å². The molecule has 0 saturated carbocycles. The first-order chi connectivity index (χ1) is 10.0. The summed E-state index contributed by atoms with van der Waals surface area (Å²) in [6.07, 6.45) is 3.52. The van der Waals surface area contributed by atoms with Crippen LogP contribution in [0.4, 0.5) is 0 Å². The van der Waals surface area contributed by atoms with Gasteiger partial charge in [0.15, 0.2) is 0 Å². The third-order valence-electron chi connectivity index (χ3n) is 3.47. The normalized spacial score (nSPS) is 11.8. The number of rotatable bonds is 7. The number of nitrogens with one attached hydrogen (secondary N) is 1. The minimum absolute atomic E-state index is 0.224. The Morgan fingerprint density at radius 2 is 1.67 bits per heavy atom. The molecule has 0 amide bonds. The van der Waals surface area contributed by atoms with Crippen LogP contribution in [0.5, 0.6) is 5.75 Å². The number of hydrogen-bond acceptors (Lipinski definition) is 2. The first kappa shape index (κ1) is 15.8. The zero-order valence-electron chi connectivity index (χ0n) is 13.5. The Morgan fingerprint density at radius 3 is 2.43 bits per heavy atom. The Labute approximate surface area is 128 Å². The fourth-order valence-corrected chi connectivity index (χ4v) is 2.31. The molecule has 0 atom stereocenters. The third kappa shape index (κ3) is 5.76. The molecular formula is C19H27NO. The molecule has 0 unspecified atom stereocenters. The Morgan fingerprint density at radius 1 is 0.905 bits per heavy atom. The van der Waals surface area contributed by atoms with Gasteiger partial charge < -0.3 is 10.1 Å². The fourth-order valence-electron chi connectivity index (χ4n) is 2.31. The summed E-state index contributed by atoms with van der Waals surface area (Å²) in [7, 11) is 0. The third-order valence-corrected chi connectivity index (χ3v) is 3.47. The maximum Gasteiger partial charge on any atom is 0.119 e. The van der Waals surface area contributed by atoms with Crippen molar-refractivity contribution in [1.82, 2.24) is 5.32 Å². The van der Waals surface area contributed by atoms with Crippen LogP contribution < -0.4 is 10.1 Å². The second-order valence-electron chi connectivity index (χ2n) is 6.59. The molecule has 21 heavy (non-hydrogen) atoms. The Hall–Kier alpha value is -1.54. The van der Waals surface area contributed by atoms with Crippen LogP contribution in [0.3, 0.4) is 0 Å². The highest BCUT2D eigenvalue weighted by molar-refractivity contribution is 5.83. The van der Waals surface area contributed by atoms with Gasteiger partial charge in [0.1, 0.15) is 5.75 Å². The summed E-state index contributed by atoms with van der Waals surface area (Å²) in [5.74, 6) is 0.974. The van der Waals surface area contributed by atoms with Crippen molar-refractivity contribution in [2.24, 2.45) is 0 Å². The van der Waals surface area contributed by atoms with Crippen LogP contribution in [0.25, 0.3) is 10.8 Å². The molecule has 0 radical (unpaired) electrons. The minimum Gasteiger partial charge on any atom is -0.494 e. The van der Waals surface area contributed by atoms with E-state index in [1.54, 1.807) is 0 Å². The van der Waals surface area contributed by atoms with Gasteiger partial charge in [-0.2, -0.15) is 0 Å². The molecule has 0 aliphatic carbocycles. The Kier molecular flexibility index (Phi) is 5.63. The van der Waals surface area contributed by atoms with Crippen molar-refractivity contribution >= 4 is 10.8 Å². The highest BCUT2D eigenvalue weighted by Gasteiger charge is 2.06. The molecule has 0 aliphatic heterocycles. The summed E-state index contributed by atoms with van der Waals surface area (Å²) < 4.78 is 5.84. The van der Waals surface area contributed by atoms with Crippen LogP contribution >= 0.6 is 0 Å².